The van der Waals surface area contributed by atoms with Crippen LogP contribution in [0.25, 0.3) is 0 Å². The zero-order chi connectivity index (χ0) is 19.8. The van der Waals surface area contributed by atoms with Crippen LogP contribution in [-0.2, 0) is 16.1 Å². The molecule has 2 unspecified atom stereocenters. The van der Waals surface area contributed by atoms with Gasteiger partial charge in [-0.15, -0.1) is 0 Å². The number of amides is 4. The van der Waals surface area contributed by atoms with Crippen LogP contribution >= 0.6 is 0 Å². The Bertz CT molecular complexity index is 853. The summed E-state index contributed by atoms with van der Waals surface area (Å²) < 4.78 is 0. The average molecular weight is 384 g/mol. The van der Waals surface area contributed by atoms with E-state index < -0.39 is 23.8 Å². The minimum Gasteiger partial charge on any atom is -0.330 e. The van der Waals surface area contributed by atoms with Crippen molar-refractivity contribution in [3.8, 4) is 0 Å². The predicted molar refractivity (Wildman–Crippen MR) is 100 cm³/mol. The average Bonchev–Trinajstić information content (AvgIpc) is 2.93. The SMILES string of the molecule is NCC1CCCN(Cc2ccc3c(c2)C(=O)N(C2CCC(=O)NC2=O)C3=O)C1. The summed E-state index contributed by atoms with van der Waals surface area (Å²) in [5.74, 6) is -1.41. The summed E-state index contributed by atoms with van der Waals surface area (Å²) in [7, 11) is 0. The molecule has 0 aliphatic carbocycles. The molecule has 1 aromatic carbocycles. The number of carbonyl (C=O) groups excluding carboxylic acids is 4. The highest BCUT2D eigenvalue weighted by atomic mass is 16.2. The maximum absolute atomic E-state index is 12.9. The fraction of sp³-hybridized carbons (Fsp3) is 0.500. The molecule has 0 saturated carbocycles. The number of rotatable bonds is 4. The first kappa shape index (κ1) is 18.8. The molecule has 3 N–H and O–H groups in total. The van der Waals surface area contributed by atoms with Gasteiger partial charge >= 0.3 is 0 Å². The van der Waals surface area contributed by atoms with Crippen molar-refractivity contribution in [1.29, 1.82) is 0 Å². The van der Waals surface area contributed by atoms with Gasteiger partial charge in [0.25, 0.3) is 11.8 Å². The first-order valence-electron chi connectivity index (χ1n) is 9.75. The Morgan fingerprint density at radius 3 is 2.61 bits per heavy atom. The lowest BCUT2D eigenvalue weighted by Gasteiger charge is -2.32. The number of hydrogen-bond acceptors (Lipinski definition) is 6. The minimum absolute atomic E-state index is 0.117. The Balaban J connectivity index is 1.52. The summed E-state index contributed by atoms with van der Waals surface area (Å²) in [4.78, 5) is 52.4. The third-order valence-corrected chi connectivity index (χ3v) is 5.85. The molecule has 2 saturated heterocycles. The number of fused-ring (bicyclic) bond motifs is 1. The van der Waals surface area contributed by atoms with Gasteiger partial charge in [0.2, 0.25) is 11.8 Å². The molecule has 4 rings (SSSR count). The Hall–Kier alpha value is -2.58. The summed E-state index contributed by atoms with van der Waals surface area (Å²) in [6.45, 7) is 3.30. The molecular weight excluding hydrogens is 360 g/mol. The van der Waals surface area contributed by atoms with Crippen LogP contribution in [0.2, 0.25) is 0 Å². The van der Waals surface area contributed by atoms with Crippen molar-refractivity contribution >= 4 is 23.6 Å². The van der Waals surface area contributed by atoms with Gasteiger partial charge < -0.3 is 5.73 Å². The molecule has 2 fully saturated rings. The second kappa shape index (κ2) is 7.44. The minimum atomic E-state index is -0.930. The van der Waals surface area contributed by atoms with Gasteiger partial charge in [-0.2, -0.15) is 0 Å². The Kier molecular flexibility index (Phi) is 4.99. The molecule has 0 bridgehead atoms. The molecule has 3 heterocycles. The van der Waals surface area contributed by atoms with Crippen LogP contribution in [0, 0.1) is 5.92 Å². The molecule has 148 valence electrons. The third kappa shape index (κ3) is 3.33. The van der Waals surface area contributed by atoms with Crippen molar-refractivity contribution in [1.82, 2.24) is 15.1 Å². The Labute approximate surface area is 163 Å². The van der Waals surface area contributed by atoms with Gasteiger partial charge in [-0.05, 0) is 56.0 Å². The smallest absolute Gasteiger partial charge is 0.262 e. The van der Waals surface area contributed by atoms with E-state index in [2.05, 4.69) is 10.2 Å². The van der Waals surface area contributed by atoms with Crippen LogP contribution in [0.4, 0.5) is 0 Å². The van der Waals surface area contributed by atoms with E-state index in [9.17, 15) is 19.2 Å². The van der Waals surface area contributed by atoms with Crippen LogP contribution < -0.4 is 11.1 Å². The van der Waals surface area contributed by atoms with Crippen molar-refractivity contribution in [2.75, 3.05) is 19.6 Å². The summed E-state index contributed by atoms with van der Waals surface area (Å²) in [6.07, 6.45) is 2.53. The standard InChI is InChI=1S/C20H24N4O4/c21-9-13-2-1-7-23(11-13)10-12-3-4-14-15(8-12)20(28)24(19(14)27)16-5-6-17(25)22-18(16)26/h3-4,8,13,16H,1-2,5-7,9-11,21H2,(H,22,25,26). The molecular formula is C20H24N4O4. The first-order chi connectivity index (χ1) is 13.5. The van der Waals surface area contributed by atoms with Gasteiger partial charge in [-0.25, -0.2) is 0 Å². The number of imide groups is 2. The molecule has 0 spiro atoms. The summed E-state index contributed by atoms with van der Waals surface area (Å²) >= 11 is 0. The van der Waals surface area contributed by atoms with Gasteiger partial charge in [0.05, 0.1) is 11.1 Å². The van der Waals surface area contributed by atoms with Crippen molar-refractivity contribution < 1.29 is 19.2 Å². The number of piperidine rings is 2. The van der Waals surface area contributed by atoms with Gasteiger partial charge in [-0.1, -0.05) is 6.07 Å². The number of nitrogens with one attached hydrogen (secondary N) is 1. The normalized spacial score (nSPS) is 25.8. The number of carbonyl (C=O) groups is 4. The first-order valence-corrected chi connectivity index (χ1v) is 9.75. The Morgan fingerprint density at radius 1 is 1.07 bits per heavy atom. The highest BCUT2D eigenvalue weighted by Crippen LogP contribution is 2.29. The van der Waals surface area contributed by atoms with E-state index in [1.54, 1.807) is 12.1 Å². The molecule has 0 aromatic heterocycles. The van der Waals surface area contributed by atoms with E-state index in [-0.39, 0.29) is 18.7 Å². The van der Waals surface area contributed by atoms with Crippen LogP contribution in [0.1, 0.15) is 52.0 Å². The number of nitrogens with two attached hydrogens (primary N) is 1. The van der Waals surface area contributed by atoms with Crippen LogP contribution in [-0.4, -0.2) is 59.1 Å². The molecule has 0 radical (unpaired) electrons. The van der Waals surface area contributed by atoms with Crippen LogP contribution in [0.5, 0.6) is 0 Å². The predicted octanol–water partition coefficient (Wildman–Crippen LogP) is 0.259. The lowest BCUT2D eigenvalue weighted by molar-refractivity contribution is -0.136. The van der Waals surface area contributed by atoms with Crippen LogP contribution in [0.15, 0.2) is 18.2 Å². The molecule has 4 amide bonds. The Morgan fingerprint density at radius 2 is 1.86 bits per heavy atom. The second-order valence-corrected chi connectivity index (χ2v) is 7.81. The zero-order valence-corrected chi connectivity index (χ0v) is 15.6. The molecule has 8 heteroatoms. The number of likely N-dealkylation sites (tertiary alicyclic amines) is 1. The quantitative estimate of drug-likeness (QED) is 0.720. The zero-order valence-electron chi connectivity index (χ0n) is 15.6. The number of benzene rings is 1. The van der Waals surface area contributed by atoms with E-state index in [0.29, 0.717) is 30.1 Å². The van der Waals surface area contributed by atoms with Crippen molar-refractivity contribution in [2.45, 2.75) is 38.3 Å². The topological polar surface area (TPSA) is 113 Å². The molecule has 8 nitrogen and oxygen atoms in total. The van der Waals surface area contributed by atoms with E-state index >= 15 is 0 Å². The van der Waals surface area contributed by atoms with Gasteiger partial charge in [0, 0.05) is 19.5 Å². The molecule has 28 heavy (non-hydrogen) atoms. The highest BCUT2D eigenvalue weighted by molar-refractivity contribution is 6.23. The largest absolute Gasteiger partial charge is 0.330 e. The molecule has 1 aromatic rings. The van der Waals surface area contributed by atoms with Gasteiger partial charge in [0.1, 0.15) is 6.04 Å². The fourth-order valence-corrected chi connectivity index (χ4v) is 4.36. The van der Waals surface area contributed by atoms with E-state index in [1.807, 2.05) is 6.07 Å². The molecule has 3 aliphatic heterocycles. The lowest BCUT2D eigenvalue weighted by atomic mass is 9.97. The maximum Gasteiger partial charge on any atom is 0.262 e. The molecule has 3 aliphatic rings. The number of nitrogens with zero attached hydrogens (tertiary/aromatic N) is 2. The summed E-state index contributed by atoms with van der Waals surface area (Å²) in [5.41, 5.74) is 7.41. The lowest BCUT2D eigenvalue weighted by Crippen LogP contribution is -2.54. The van der Waals surface area contributed by atoms with Crippen molar-refractivity contribution in [3.05, 3.63) is 34.9 Å². The van der Waals surface area contributed by atoms with Crippen molar-refractivity contribution in [3.63, 3.8) is 0 Å². The molecule has 2 atom stereocenters. The van der Waals surface area contributed by atoms with Crippen LogP contribution in [0.3, 0.4) is 0 Å². The van der Waals surface area contributed by atoms with E-state index in [0.717, 1.165) is 36.4 Å². The third-order valence-electron chi connectivity index (χ3n) is 5.85. The highest BCUT2D eigenvalue weighted by Gasteiger charge is 2.44. The monoisotopic (exact) mass is 384 g/mol. The fourth-order valence-electron chi connectivity index (χ4n) is 4.36. The van der Waals surface area contributed by atoms with E-state index in [1.165, 1.54) is 0 Å². The number of hydrogen-bond donors (Lipinski definition) is 2. The van der Waals surface area contributed by atoms with Gasteiger partial charge in [0.15, 0.2) is 0 Å². The van der Waals surface area contributed by atoms with E-state index in [4.69, 9.17) is 5.73 Å². The van der Waals surface area contributed by atoms with Gasteiger partial charge in [-0.3, -0.25) is 34.3 Å². The summed E-state index contributed by atoms with van der Waals surface area (Å²) in [6, 6.07) is 4.36. The second-order valence-electron chi connectivity index (χ2n) is 7.81. The maximum atomic E-state index is 12.9. The summed E-state index contributed by atoms with van der Waals surface area (Å²) in [5, 5.41) is 2.21. The van der Waals surface area contributed by atoms with Crippen molar-refractivity contribution in [2.24, 2.45) is 11.7 Å².